The predicted molar refractivity (Wildman–Crippen MR) is 77.5 cm³/mol. The van der Waals surface area contributed by atoms with E-state index in [0.717, 1.165) is 18.4 Å². The van der Waals surface area contributed by atoms with Crippen molar-refractivity contribution in [2.24, 2.45) is 0 Å². The zero-order valence-electron chi connectivity index (χ0n) is 12.5. The molecule has 0 unspecified atom stereocenters. The number of pyridine rings is 1. The van der Waals surface area contributed by atoms with Gasteiger partial charge in [-0.3, -0.25) is 9.69 Å². The van der Waals surface area contributed by atoms with Crippen LogP contribution in [0.15, 0.2) is 12.1 Å². The van der Waals surface area contributed by atoms with Crippen molar-refractivity contribution in [1.29, 1.82) is 0 Å². The van der Waals surface area contributed by atoms with E-state index in [1.807, 2.05) is 26.8 Å². The molecule has 0 aliphatic carbocycles. The minimum Gasteiger partial charge on any atom is -0.481 e. The van der Waals surface area contributed by atoms with Gasteiger partial charge in [0.15, 0.2) is 0 Å². The number of nitrogens with zero attached hydrogens (tertiary/aromatic N) is 2. The van der Waals surface area contributed by atoms with Gasteiger partial charge < -0.3 is 9.84 Å². The van der Waals surface area contributed by atoms with E-state index in [1.165, 1.54) is 4.90 Å². The molecule has 2 heterocycles. The number of aryl methyl sites for hydroxylation is 1. The molecule has 0 bridgehead atoms. The third-order valence-electron chi connectivity index (χ3n) is 3.04. The lowest BCUT2D eigenvalue weighted by atomic mass is 10.1. The number of ether oxygens (including phenoxy) is 1. The largest absolute Gasteiger partial charge is 0.481 e. The highest BCUT2D eigenvalue weighted by Crippen LogP contribution is 2.27. The molecule has 2 rings (SSSR count). The number of aliphatic carboxylic acids is 1. The van der Waals surface area contributed by atoms with Crippen molar-refractivity contribution in [2.45, 2.75) is 45.6 Å². The highest BCUT2D eigenvalue weighted by Gasteiger charge is 2.28. The summed E-state index contributed by atoms with van der Waals surface area (Å²) >= 11 is 0. The Kier molecular flexibility index (Phi) is 4.16. The standard InChI is InChI=1S/C15H20N2O4/c1-15(2,3)21-14(20)17-8-4-5-10-6-7-11(9-12(18)19)16-13(10)17/h6-7H,4-5,8-9H2,1-3H3,(H,18,19). The molecule has 0 spiro atoms. The first-order valence-electron chi connectivity index (χ1n) is 6.97. The second-order valence-electron chi connectivity index (χ2n) is 6.09. The molecule has 1 aromatic heterocycles. The fourth-order valence-corrected chi connectivity index (χ4v) is 2.23. The second-order valence-corrected chi connectivity index (χ2v) is 6.09. The van der Waals surface area contributed by atoms with Gasteiger partial charge in [-0.1, -0.05) is 6.07 Å². The Morgan fingerprint density at radius 2 is 2.10 bits per heavy atom. The van der Waals surface area contributed by atoms with Crippen molar-refractivity contribution in [2.75, 3.05) is 11.4 Å². The van der Waals surface area contributed by atoms with Crippen molar-refractivity contribution in [3.8, 4) is 0 Å². The number of hydrogen-bond donors (Lipinski definition) is 1. The summed E-state index contributed by atoms with van der Waals surface area (Å²) in [5, 5.41) is 8.85. The Morgan fingerprint density at radius 3 is 2.71 bits per heavy atom. The highest BCUT2D eigenvalue weighted by molar-refractivity contribution is 5.88. The molecule has 0 atom stereocenters. The maximum Gasteiger partial charge on any atom is 0.416 e. The van der Waals surface area contributed by atoms with Crippen LogP contribution in [-0.4, -0.2) is 34.3 Å². The number of carbonyl (C=O) groups is 2. The fraction of sp³-hybridized carbons (Fsp3) is 0.533. The molecular weight excluding hydrogens is 272 g/mol. The number of fused-ring (bicyclic) bond motifs is 1. The van der Waals surface area contributed by atoms with E-state index in [4.69, 9.17) is 9.84 Å². The molecule has 1 N–H and O–H groups in total. The molecule has 0 aromatic carbocycles. The van der Waals surface area contributed by atoms with Crippen LogP contribution < -0.4 is 4.90 Å². The molecule has 114 valence electrons. The average Bonchev–Trinajstić information content (AvgIpc) is 2.35. The Labute approximate surface area is 123 Å². The smallest absolute Gasteiger partial charge is 0.416 e. The van der Waals surface area contributed by atoms with E-state index in [2.05, 4.69) is 4.98 Å². The van der Waals surface area contributed by atoms with E-state index in [9.17, 15) is 9.59 Å². The number of carboxylic acid groups (broad SMARTS) is 1. The van der Waals surface area contributed by atoms with Crippen LogP contribution in [0.25, 0.3) is 0 Å². The Bertz CT molecular complexity index is 563. The number of carboxylic acids is 1. The summed E-state index contributed by atoms with van der Waals surface area (Å²) in [6, 6.07) is 3.54. The predicted octanol–water partition coefficient (Wildman–Crippen LogP) is 2.40. The van der Waals surface area contributed by atoms with E-state index in [0.29, 0.717) is 18.1 Å². The summed E-state index contributed by atoms with van der Waals surface area (Å²) in [7, 11) is 0. The first-order valence-corrected chi connectivity index (χ1v) is 6.97. The SMILES string of the molecule is CC(C)(C)OC(=O)N1CCCc2ccc(CC(=O)O)nc21. The molecule has 6 nitrogen and oxygen atoms in total. The lowest BCUT2D eigenvalue weighted by Gasteiger charge is -2.30. The number of hydrogen-bond acceptors (Lipinski definition) is 4. The molecule has 1 aliphatic rings. The fourth-order valence-electron chi connectivity index (χ4n) is 2.23. The van der Waals surface area contributed by atoms with Gasteiger partial charge in [-0.2, -0.15) is 0 Å². The maximum atomic E-state index is 12.3. The quantitative estimate of drug-likeness (QED) is 0.905. The number of aromatic nitrogens is 1. The van der Waals surface area contributed by atoms with E-state index >= 15 is 0 Å². The van der Waals surface area contributed by atoms with Crippen LogP contribution in [-0.2, 0) is 22.4 Å². The highest BCUT2D eigenvalue weighted by atomic mass is 16.6. The van der Waals surface area contributed by atoms with Crippen molar-refractivity contribution in [1.82, 2.24) is 4.98 Å². The topological polar surface area (TPSA) is 79.7 Å². The number of carbonyl (C=O) groups excluding carboxylic acids is 1. The van der Waals surface area contributed by atoms with Crippen LogP contribution in [0, 0.1) is 0 Å². The van der Waals surface area contributed by atoms with Gasteiger partial charge in [-0.15, -0.1) is 0 Å². The molecule has 6 heteroatoms. The molecule has 0 saturated heterocycles. The molecule has 0 fully saturated rings. The normalized spacial score (nSPS) is 14.5. The van der Waals surface area contributed by atoms with E-state index in [-0.39, 0.29) is 6.42 Å². The van der Waals surface area contributed by atoms with Crippen LogP contribution in [0.2, 0.25) is 0 Å². The van der Waals surface area contributed by atoms with Gasteiger partial charge >= 0.3 is 12.1 Å². The lowest BCUT2D eigenvalue weighted by Crippen LogP contribution is -2.40. The third kappa shape index (κ3) is 3.93. The van der Waals surface area contributed by atoms with Gasteiger partial charge in [-0.05, 0) is 45.2 Å². The second kappa shape index (κ2) is 5.71. The third-order valence-corrected chi connectivity index (χ3v) is 3.04. The summed E-state index contributed by atoms with van der Waals surface area (Å²) in [4.78, 5) is 28.9. The van der Waals surface area contributed by atoms with Crippen LogP contribution in [0.5, 0.6) is 0 Å². The Morgan fingerprint density at radius 1 is 1.38 bits per heavy atom. The molecule has 1 amide bonds. The molecular formula is C15H20N2O4. The van der Waals surface area contributed by atoms with Crippen LogP contribution in [0.1, 0.15) is 38.4 Å². The van der Waals surface area contributed by atoms with Gasteiger partial charge in [0.25, 0.3) is 0 Å². The molecule has 21 heavy (non-hydrogen) atoms. The van der Waals surface area contributed by atoms with Gasteiger partial charge in [0.2, 0.25) is 0 Å². The van der Waals surface area contributed by atoms with Gasteiger partial charge in [0.1, 0.15) is 11.4 Å². The summed E-state index contributed by atoms with van der Waals surface area (Å²) in [5.74, 6) is -0.420. The van der Waals surface area contributed by atoms with E-state index in [1.54, 1.807) is 6.07 Å². The van der Waals surface area contributed by atoms with Crippen LogP contribution in [0.3, 0.4) is 0 Å². The van der Waals surface area contributed by atoms with E-state index < -0.39 is 17.7 Å². The van der Waals surface area contributed by atoms with Crippen molar-refractivity contribution in [3.63, 3.8) is 0 Å². The Balaban J connectivity index is 2.28. The van der Waals surface area contributed by atoms with Crippen LogP contribution >= 0.6 is 0 Å². The number of anilines is 1. The van der Waals surface area contributed by atoms with Crippen LogP contribution in [0.4, 0.5) is 10.6 Å². The molecule has 0 saturated carbocycles. The molecule has 1 aliphatic heterocycles. The first kappa shape index (κ1) is 15.3. The first-order chi connectivity index (χ1) is 9.76. The minimum atomic E-state index is -0.943. The zero-order chi connectivity index (χ0) is 15.6. The summed E-state index contributed by atoms with van der Waals surface area (Å²) in [5.41, 5.74) is 0.811. The molecule has 0 radical (unpaired) electrons. The van der Waals surface area contributed by atoms with Gasteiger partial charge in [-0.25, -0.2) is 9.78 Å². The van der Waals surface area contributed by atoms with Gasteiger partial charge in [0.05, 0.1) is 12.1 Å². The van der Waals surface area contributed by atoms with Gasteiger partial charge in [0, 0.05) is 6.54 Å². The number of rotatable bonds is 2. The van der Waals surface area contributed by atoms with Crippen molar-refractivity contribution in [3.05, 3.63) is 23.4 Å². The average molecular weight is 292 g/mol. The summed E-state index contributed by atoms with van der Waals surface area (Å²) in [6.45, 7) is 5.96. The monoisotopic (exact) mass is 292 g/mol. The Hall–Kier alpha value is -2.11. The lowest BCUT2D eigenvalue weighted by molar-refractivity contribution is -0.136. The molecule has 1 aromatic rings. The maximum absolute atomic E-state index is 12.3. The minimum absolute atomic E-state index is 0.157. The number of amides is 1. The summed E-state index contributed by atoms with van der Waals surface area (Å²) in [6.07, 6.45) is 1.07. The van der Waals surface area contributed by atoms with Crippen molar-refractivity contribution < 1.29 is 19.4 Å². The van der Waals surface area contributed by atoms with Crippen molar-refractivity contribution >= 4 is 17.9 Å². The zero-order valence-corrected chi connectivity index (χ0v) is 12.5. The summed E-state index contributed by atoms with van der Waals surface area (Å²) < 4.78 is 5.39.